The maximum absolute atomic E-state index is 12.1. The molecular formula is C22H24N2O5. The monoisotopic (exact) mass is 396 g/mol. The quantitative estimate of drug-likeness (QED) is 0.634. The fourth-order valence-electron chi connectivity index (χ4n) is 3.39. The van der Waals surface area contributed by atoms with Gasteiger partial charge in [0.05, 0.1) is 13.0 Å². The van der Waals surface area contributed by atoms with Gasteiger partial charge < -0.3 is 20.5 Å². The Balaban J connectivity index is 1.57. The minimum absolute atomic E-state index is 0.0229. The molecule has 0 saturated carbocycles. The lowest BCUT2D eigenvalue weighted by molar-refractivity contribution is -0.135. The largest absolute Gasteiger partial charge is 0.493 e. The van der Waals surface area contributed by atoms with Gasteiger partial charge in [-0.25, -0.2) is 0 Å². The summed E-state index contributed by atoms with van der Waals surface area (Å²) in [5.41, 5.74) is 2.28. The Bertz CT molecular complexity index is 882. The number of carbonyl (C=O) groups excluding carboxylic acids is 2. The number of aliphatic carboxylic acids is 1. The lowest BCUT2D eigenvalue weighted by atomic mass is 9.89. The molecule has 7 heteroatoms. The first-order valence-corrected chi connectivity index (χ1v) is 9.60. The third-order valence-corrected chi connectivity index (χ3v) is 4.86. The van der Waals surface area contributed by atoms with E-state index in [1.54, 1.807) is 18.2 Å². The third-order valence-electron chi connectivity index (χ3n) is 4.86. The molecule has 2 amide bonds. The molecular weight excluding hydrogens is 372 g/mol. The van der Waals surface area contributed by atoms with Crippen molar-refractivity contribution < 1.29 is 24.2 Å². The van der Waals surface area contributed by atoms with Gasteiger partial charge >= 0.3 is 5.97 Å². The van der Waals surface area contributed by atoms with Crippen molar-refractivity contribution in [2.45, 2.75) is 25.2 Å². The molecule has 7 nitrogen and oxygen atoms in total. The summed E-state index contributed by atoms with van der Waals surface area (Å²) in [5, 5.41) is 14.0. The first kappa shape index (κ1) is 20.4. The van der Waals surface area contributed by atoms with Crippen LogP contribution in [-0.2, 0) is 16.0 Å². The molecule has 0 radical (unpaired) electrons. The predicted molar refractivity (Wildman–Crippen MR) is 107 cm³/mol. The highest BCUT2D eigenvalue weighted by Crippen LogP contribution is 2.36. The number of carboxylic acid groups (broad SMARTS) is 1. The van der Waals surface area contributed by atoms with E-state index in [4.69, 9.17) is 9.84 Å². The summed E-state index contributed by atoms with van der Waals surface area (Å²) >= 11 is 0. The van der Waals surface area contributed by atoms with Crippen molar-refractivity contribution in [3.63, 3.8) is 0 Å². The molecule has 152 valence electrons. The molecule has 2 aromatic carbocycles. The van der Waals surface area contributed by atoms with E-state index in [0.29, 0.717) is 25.1 Å². The number of nitrogens with one attached hydrogen (secondary N) is 2. The Morgan fingerprint density at radius 3 is 2.62 bits per heavy atom. The molecule has 0 spiro atoms. The molecule has 3 N–H and O–H groups in total. The zero-order valence-corrected chi connectivity index (χ0v) is 16.0. The summed E-state index contributed by atoms with van der Waals surface area (Å²) in [5.74, 6) is -0.667. The number of amides is 2. The highest BCUT2D eigenvalue weighted by atomic mass is 16.5. The SMILES string of the molecule is O=C(O)CNC(=O)c1ccc2c(c1)C(CCNC(=O)Cc1ccccc1)CCO2. The number of hydrogen-bond donors (Lipinski definition) is 3. The standard InChI is InChI=1S/C22H24N2O5/c25-20(12-15-4-2-1-3-5-15)23-10-8-16-9-11-29-19-7-6-17(13-18(16)19)22(28)24-14-21(26)27/h1-7,13,16H,8-12,14H2,(H,23,25)(H,24,28)(H,26,27). The smallest absolute Gasteiger partial charge is 0.322 e. The second-order valence-electron chi connectivity index (χ2n) is 6.96. The van der Waals surface area contributed by atoms with Crippen molar-refractivity contribution in [3.8, 4) is 5.75 Å². The van der Waals surface area contributed by atoms with Crippen LogP contribution < -0.4 is 15.4 Å². The van der Waals surface area contributed by atoms with Gasteiger partial charge in [0.15, 0.2) is 0 Å². The number of carbonyl (C=O) groups is 3. The second kappa shape index (κ2) is 9.73. The van der Waals surface area contributed by atoms with Gasteiger partial charge in [-0.1, -0.05) is 30.3 Å². The lowest BCUT2D eigenvalue weighted by Crippen LogP contribution is -2.30. The van der Waals surface area contributed by atoms with Crippen molar-refractivity contribution in [1.82, 2.24) is 10.6 Å². The van der Waals surface area contributed by atoms with Crippen LogP contribution in [0.4, 0.5) is 0 Å². The van der Waals surface area contributed by atoms with E-state index in [1.165, 1.54) is 0 Å². The molecule has 0 bridgehead atoms. The Hall–Kier alpha value is -3.35. The maximum Gasteiger partial charge on any atom is 0.322 e. The molecule has 1 aliphatic rings. The van der Waals surface area contributed by atoms with Crippen LogP contribution in [0.3, 0.4) is 0 Å². The second-order valence-corrected chi connectivity index (χ2v) is 6.96. The number of hydrogen-bond acceptors (Lipinski definition) is 4. The van der Waals surface area contributed by atoms with E-state index >= 15 is 0 Å². The van der Waals surface area contributed by atoms with Crippen molar-refractivity contribution >= 4 is 17.8 Å². The molecule has 3 rings (SSSR count). The molecule has 2 aromatic rings. The van der Waals surface area contributed by atoms with E-state index in [1.807, 2.05) is 30.3 Å². The number of rotatable bonds is 8. The molecule has 29 heavy (non-hydrogen) atoms. The molecule has 1 atom stereocenters. The molecule has 0 aliphatic carbocycles. The Kier molecular flexibility index (Phi) is 6.84. The first-order chi connectivity index (χ1) is 14.0. The van der Waals surface area contributed by atoms with Crippen LogP contribution in [-0.4, -0.2) is 42.6 Å². The minimum Gasteiger partial charge on any atom is -0.493 e. The summed E-state index contributed by atoms with van der Waals surface area (Å²) in [4.78, 5) is 34.9. The van der Waals surface area contributed by atoms with Crippen LogP contribution >= 0.6 is 0 Å². The number of benzene rings is 2. The maximum atomic E-state index is 12.1. The summed E-state index contributed by atoms with van der Waals surface area (Å²) in [6.45, 7) is 0.689. The molecule has 1 aliphatic heterocycles. The third kappa shape index (κ3) is 5.81. The van der Waals surface area contributed by atoms with Gasteiger partial charge in [0.2, 0.25) is 5.91 Å². The zero-order chi connectivity index (χ0) is 20.6. The first-order valence-electron chi connectivity index (χ1n) is 9.60. The fourth-order valence-corrected chi connectivity index (χ4v) is 3.39. The van der Waals surface area contributed by atoms with Gasteiger partial charge in [0.25, 0.3) is 5.91 Å². The van der Waals surface area contributed by atoms with E-state index in [9.17, 15) is 14.4 Å². The number of ether oxygens (including phenoxy) is 1. The van der Waals surface area contributed by atoms with Gasteiger partial charge in [-0.05, 0) is 48.1 Å². The highest BCUT2D eigenvalue weighted by molar-refractivity contribution is 5.96. The van der Waals surface area contributed by atoms with Crippen LogP contribution in [0, 0.1) is 0 Å². The van der Waals surface area contributed by atoms with Crippen LogP contribution in [0.5, 0.6) is 5.75 Å². The average Bonchev–Trinajstić information content (AvgIpc) is 2.72. The molecule has 0 saturated heterocycles. The van der Waals surface area contributed by atoms with Gasteiger partial charge in [0, 0.05) is 12.1 Å². The molecule has 0 aromatic heterocycles. The summed E-state index contributed by atoms with van der Waals surface area (Å²) < 4.78 is 5.68. The van der Waals surface area contributed by atoms with Gasteiger partial charge in [-0.2, -0.15) is 0 Å². The summed E-state index contributed by atoms with van der Waals surface area (Å²) in [6, 6.07) is 14.7. The van der Waals surface area contributed by atoms with Crippen LogP contribution in [0.2, 0.25) is 0 Å². The van der Waals surface area contributed by atoms with Crippen LogP contribution in [0.25, 0.3) is 0 Å². The van der Waals surface area contributed by atoms with Gasteiger partial charge in [-0.3, -0.25) is 14.4 Å². The van der Waals surface area contributed by atoms with Crippen LogP contribution in [0.15, 0.2) is 48.5 Å². The topological polar surface area (TPSA) is 105 Å². The highest BCUT2D eigenvalue weighted by Gasteiger charge is 2.23. The Labute approximate surface area is 169 Å². The molecule has 1 unspecified atom stereocenters. The van der Waals surface area contributed by atoms with Crippen molar-refractivity contribution in [1.29, 1.82) is 0 Å². The lowest BCUT2D eigenvalue weighted by Gasteiger charge is -2.26. The van der Waals surface area contributed by atoms with Crippen molar-refractivity contribution in [3.05, 3.63) is 65.2 Å². The van der Waals surface area contributed by atoms with E-state index < -0.39 is 18.4 Å². The summed E-state index contributed by atoms with van der Waals surface area (Å²) in [6.07, 6.45) is 1.87. The zero-order valence-electron chi connectivity index (χ0n) is 16.0. The van der Waals surface area contributed by atoms with E-state index in [2.05, 4.69) is 10.6 Å². The number of carboxylic acids is 1. The van der Waals surface area contributed by atoms with Crippen molar-refractivity contribution in [2.75, 3.05) is 19.7 Å². The van der Waals surface area contributed by atoms with E-state index in [-0.39, 0.29) is 11.8 Å². The average molecular weight is 396 g/mol. The normalized spacial score (nSPS) is 15.0. The molecule has 1 heterocycles. The van der Waals surface area contributed by atoms with Crippen molar-refractivity contribution in [2.24, 2.45) is 0 Å². The fraction of sp³-hybridized carbons (Fsp3) is 0.318. The Morgan fingerprint density at radius 1 is 1.07 bits per heavy atom. The Morgan fingerprint density at radius 2 is 1.86 bits per heavy atom. The minimum atomic E-state index is -1.09. The van der Waals surface area contributed by atoms with Crippen LogP contribution in [0.1, 0.15) is 40.2 Å². The van der Waals surface area contributed by atoms with E-state index in [0.717, 1.165) is 29.7 Å². The van der Waals surface area contributed by atoms with Gasteiger partial charge in [-0.15, -0.1) is 0 Å². The summed E-state index contributed by atoms with van der Waals surface area (Å²) in [7, 11) is 0. The number of fused-ring (bicyclic) bond motifs is 1. The molecule has 0 fully saturated rings. The van der Waals surface area contributed by atoms with Gasteiger partial charge in [0.1, 0.15) is 12.3 Å². The predicted octanol–water partition coefficient (Wildman–Crippen LogP) is 2.12.